The number of carbonyl (C=O) groups excluding carboxylic acids is 3. The predicted molar refractivity (Wildman–Crippen MR) is 152 cm³/mol. The number of hydrogen-bond acceptors (Lipinski definition) is 5. The van der Waals surface area contributed by atoms with E-state index in [0.717, 1.165) is 16.7 Å². The van der Waals surface area contributed by atoms with Crippen molar-refractivity contribution in [1.82, 2.24) is 15.5 Å². The molecule has 3 N–H and O–H groups in total. The predicted octanol–water partition coefficient (Wildman–Crippen LogP) is 2.60. The first-order chi connectivity index (χ1) is 20.0. The molecule has 6 atom stereocenters. The zero-order valence-electron chi connectivity index (χ0n) is 22.8. The van der Waals surface area contributed by atoms with Crippen LogP contribution in [0.1, 0.15) is 29.5 Å². The molecule has 2 unspecified atom stereocenters. The Kier molecular flexibility index (Phi) is 7.60. The molecular weight excluding hydrogens is 518 g/mol. The number of likely N-dealkylation sites (tertiary alicyclic amines) is 1. The van der Waals surface area contributed by atoms with Gasteiger partial charge in [0.15, 0.2) is 0 Å². The summed E-state index contributed by atoms with van der Waals surface area (Å²) in [5.74, 6) is -2.38. The molecule has 3 saturated heterocycles. The van der Waals surface area contributed by atoms with Crippen LogP contribution in [0.4, 0.5) is 0 Å². The molecule has 1 spiro atoms. The number of carbonyl (C=O) groups is 3. The maximum Gasteiger partial charge on any atom is 0.246 e. The largest absolute Gasteiger partial charge is 0.394 e. The van der Waals surface area contributed by atoms with E-state index in [1.54, 1.807) is 0 Å². The highest BCUT2D eigenvalue weighted by Gasteiger charge is 2.75. The molecule has 0 aliphatic carbocycles. The lowest BCUT2D eigenvalue weighted by Crippen LogP contribution is -2.58. The van der Waals surface area contributed by atoms with Crippen LogP contribution in [0.2, 0.25) is 0 Å². The summed E-state index contributed by atoms with van der Waals surface area (Å²) >= 11 is 0. The molecule has 2 bridgehead atoms. The lowest BCUT2D eigenvalue weighted by Gasteiger charge is -2.36. The SMILES string of the molecule is O=C(NCc1ccccc1)C1N([C@@H](CO)Cc2ccccc2)C(=O)[C@@H]2[C@@H](C(=O)NCc3ccccc3)[C@H]3CCC12O3. The van der Waals surface area contributed by atoms with Gasteiger partial charge in [0.25, 0.3) is 0 Å². The molecule has 3 aliphatic rings. The third-order valence-electron chi connectivity index (χ3n) is 8.83. The highest BCUT2D eigenvalue weighted by molar-refractivity contribution is 5.99. The Bertz CT molecular complexity index is 1390. The highest BCUT2D eigenvalue weighted by atomic mass is 16.5. The van der Waals surface area contributed by atoms with E-state index in [2.05, 4.69) is 10.6 Å². The fourth-order valence-electron chi connectivity index (χ4n) is 7.01. The van der Waals surface area contributed by atoms with Crippen molar-refractivity contribution in [3.05, 3.63) is 108 Å². The van der Waals surface area contributed by atoms with Gasteiger partial charge in [0, 0.05) is 13.1 Å². The molecule has 3 amide bonds. The number of nitrogens with one attached hydrogen (secondary N) is 2. The Labute approximate surface area is 239 Å². The molecule has 6 rings (SSSR count). The van der Waals surface area contributed by atoms with Gasteiger partial charge < -0.3 is 25.4 Å². The van der Waals surface area contributed by atoms with Gasteiger partial charge in [-0.15, -0.1) is 0 Å². The van der Waals surface area contributed by atoms with Gasteiger partial charge >= 0.3 is 0 Å². The number of hydrogen-bond donors (Lipinski definition) is 3. The van der Waals surface area contributed by atoms with Gasteiger partial charge in [0.1, 0.15) is 11.6 Å². The molecule has 41 heavy (non-hydrogen) atoms. The summed E-state index contributed by atoms with van der Waals surface area (Å²) in [7, 11) is 0. The summed E-state index contributed by atoms with van der Waals surface area (Å²) in [5.41, 5.74) is 1.71. The Balaban J connectivity index is 1.30. The number of nitrogens with zero attached hydrogens (tertiary/aromatic N) is 1. The van der Waals surface area contributed by atoms with Crippen LogP contribution in [0.15, 0.2) is 91.0 Å². The van der Waals surface area contributed by atoms with Crippen LogP contribution < -0.4 is 10.6 Å². The van der Waals surface area contributed by atoms with Crippen LogP contribution in [0.25, 0.3) is 0 Å². The van der Waals surface area contributed by atoms with E-state index < -0.39 is 35.6 Å². The standard InChI is InChI=1S/C33H35N3O5/c37-21-25(18-22-10-4-1-5-11-22)36-29(31(39)35-20-24-14-8-3-9-15-24)33-17-16-26(41-33)27(28(33)32(36)40)30(38)34-19-23-12-6-2-7-13-23/h1-15,25-29,37H,16-21H2,(H,34,38)(H,35,39)/t25-,26-,27+,28+,29?,33?/m1/s1. The molecule has 8 heteroatoms. The van der Waals surface area contributed by atoms with Crippen LogP contribution in [0.5, 0.6) is 0 Å². The van der Waals surface area contributed by atoms with Crippen molar-refractivity contribution in [3.8, 4) is 0 Å². The van der Waals surface area contributed by atoms with Gasteiger partial charge in [-0.2, -0.15) is 0 Å². The van der Waals surface area contributed by atoms with Crippen molar-refractivity contribution in [3.63, 3.8) is 0 Å². The molecule has 0 aromatic heterocycles. The fraction of sp³-hybridized carbons (Fsp3) is 0.364. The Morgan fingerprint density at radius 2 is 1.39 bits per heavy atom. The van der Waals surface area contributed by atoms with Gasteiger partial charge in [-0.25, -0.2) is 0 Å². The van der Waals surface area contributed by atoms with E-state index in [-0.39, 0.29) is 24.3 Å². The smallest absolute Gasteiger partial charge is 0.246 e. The minimum absolute atomic E-state index is 0.243. The number of fused-ring (bicyclic) bond motifs is 1. The molecule has 0 radical (unpaired) electrons. The molecule has 3 aliphatic heterocycles. The van der Waals surface area contributed by atoms with E-state index in [4.69, 9.17) is 4.74 Å². The van der Waals surface area contributed by atoms with Crippen molar-refractivity contribution in [2.75, 3.05) is 6.61 Å². The average molecular weight is 554 g/mol. The molecule has 3 aromatic rings. The van der Waals surface area contributed by atoms with Crippen LogP contribution in [-0.4, -0.2) is 58.1 Å². The number of rotatable bonds is 10. The van der Waals surface area contributed by atoms with Gasteiger partial charge in [-0.05, 0) is 36.0 Å². The summed E-state index contributed by atoms with van der Waals surface area (Å²) in [6, 6.07) is 27.2. The lowest BCUT2D eigenvalue weighted by atomic mass is 9.70. The summed E-state index contributed by atoms with van der Waals surface area (Å²) in [6.07, 6.45) is 1.03. The van der Waals surface area contributed by atoms with Gasteiger partial charge in [-0.3, -0.25) is 14.4 Å². The Hall–Kier alpha value is -4.01. The van der Waals surface area contributed by atoms with E-state index in [9.17, 15) is 19.5 Å². The molecular formula is C33H35N3O5. The first-order valence-electron chi connectivity index (χ1n) is 14.3. The quantitative estimate of drug-likeness (QED) is 0.358. The molecule has 212 valence electrons. The number of amides is 3. The topological polar surface area (TPSA) is 108 Å². The molecule has 0 saturated carbocycles. The van der Waals surface area contributed by atoms with E-state index in [1.807, 2.05) is 91.0 Å². The Morgan fingerprint density at radius 1 is 0.854 bits per heavy atom. The van der Waals surface area contributed by atoms with Gasteiger partial charge in [-0.1, -0.05) is 91.0 Å². The third-order valence-corrected chi connectivity index (χ3v) is 8.83. The van der Waals surface area contributed by atoms with Crippen molar-refractivity contribution >= 4 is 17.7 Å². The zero-order valence-corrected chi connectivity index (χ0v) is 22.8. The fourth-order valence-corrected chi connectivity index (χ4v) is 7.01. The number of aliphatic hydroxyl groups excluding tert-OH is 1. The second-order valence-corrected chi connectivity index (χ2v) is 11.2. The van der Waals surface area contributed by atoms with Crippen LogP contribution in [0, 0.1) is 11.8 Å². The van der Waals surface area contributed by atoms with Crippen LogP contribution in [0.3, 0.4) is 0 Å². The van der Waals surface area contributed by atoms with Crippen molar-refractivity contribution in [2.24, 2.45) is 11.8 Å². The average Bonchev–Trinajstić information content (AvgIpc) is 3.66. The second kappa shape index (κ2) is 11.5. The number of benzene rings is 3. The highest BCUT2D eigenvalue weighted by Crippen LogP contribution is 2.58. The minimum Gasteiger partial charge on any atom is -0.394 e. The van der Waals surface area contributed by atoms with Crippen molar-refractivity contribution in [1.29, 1.82) is 0 Å². The molecule has 3 heterocycles. The minimum atomic E-state index is -1.12. The molecule has 3 aromatic carbocycles. The number of ether oxygens (including phenoxy) is 1. The zero-order chi connectivity index (χ0) is 28.4. The molecule has 8 nitrogen and oxygen atoms in total. The van der Waals surface area contributed by atoms with Crippen LogP contribution >= 0.6 is 0 Å². The summed E-state index contributed by atoms with van der Waals surface area (Å²) in [5, 5.41) is 16.6. The van der Waals surface area contributed by atoms with E-state index in [0.29, 0.717) is 32.4 Å². The summed E-state index contributed by atoms with van der Waals surface area (Å²) in [6.45, 7) is 0.320. The summed E-state index contributed by atoms with van der Waals surface area (Å²) < 4.78 is 6.54. The molecule has 3 fully saturated rings. The third kappa shape index (κ3) is 5.02. The first-order valence-corrected chi connectivity index (χ1v) is 14.3. The number of aliphatic hydroxyl groups is 1. The maximum absolute atomic E-state index is 14.3. The lowest BCUT2D eigenvalue weighted by molar-refractivity contribution is -0.145. The van der Waals surface area contributed by atoms with E-state index in [1.165, 1.54) is 4.90 Å². The monoisotopic (exact) mass is 553 g/mol. The first kappa shape index (κ1) is 27.2. The summed E-state index contributed by atoms with van der Waals surface area (Å²) in [4.78, 5) is 43.4. The van der Waals surface area contributed by atoms with Gasteiger partial charge in [0.2, 0.25) is 17.7 Å². The van der Waals surface area contributed by atoms with Crippen molar-refractivity contribution < 1.29 is 24.2 Å². The van der Waals surface area contributed by atoms with E-state index >= 15 is 0 Å². The maximum atomic E-state index is 14.3. The van der Waals surface area contributed by atoms with Crippen LogP contribution in [-0.2, 0) is 38.6 Å². The Morgan fingerprint density at radius 3 is 1.95 bits per heavy atom. The second-order valence-electron chi connectivity index (χ2n) is 11.2. The normalized spacial score (nSPS) is 27.0. The van der Waals surface area contributed by atoms with Gasteiger partial charge in [0.05, 0.1) is 30.6 Å². The van der Waals surface area contributed by atoms with Crippen molar-refractivity contribution in [2.45, 2.75) is 56.1 Å².